The molecule has 1 fully saturated rings. The average molecular weight is 595 g/mol. The van der Waals surface area contributed by atoms with Crippen LogP contribution in [0.5, 0.6) is 0 Å². The van der Waals surface area contributed by atoms with E-state index in [0.29, 0.717) is 4.31 Å². The number of piperazine rings is 1. The quantitative estimate of drug-likeness (QED) is 0.487. The van der Waals surface area contributed by atoms with Crippen LogP contribution in [-0.2, 0) is 29.7 Å². The van der Waals surface area contributed by atoms with E-state index >= 15 is 0 Å². The van der Waals surface area contributed by atoms with Crippen molar-refractivity contribution in [1.82, 2.24) is 9.21 Å². The summed E-state index contributed by atoms with van der Waals surface area (Å²) in [6.45, 7) is -1.36. The van der Waals surface area contributed by atoms with E-state index in [-0.39, 0.29) is 30.8 Å². The third-order valence-corrected chi connectivity index (χ3v) is 10.1. The highest BCUT2D eigenvalue weighted by molar-refractivity contribution is 7.93. The van der Waals surface area contributed by atoms with Gasteiger partial charge in [0.05, 0.1) is 14.7 Å². The van der Waals surface area contributed by atoms with Gasteiger partial charge in [0.15, 0.2) is 0 Å². The predicted molar refractivity (Wildman–Crippen MR) is 114 cm³/mol. The molecule has 18 heteroatoms. The Hall–Kier alpha value is -2.70. The molecule has 0 spiro atoms. The zero-order valence-electron chi connectivity index (χ0n) is 18.2. The van der Waals surface area contributed by atoms with Crippen molar-refractivity contribution in [2.24, 2.45) is 0 Å². The molecule has 0 bridgehead atoms. The van der Waals surface area contributed by atoms with Crippen LogP contribution in [0.25, 0.3) is 0 Å². The largest absolute Gasteiger partial charge is 0.501 e. The second-order valence-corrected chi connectivity index (χ2v) is 13.4. The lowest BCUT2D eigenvalue weighted by molar-refractivity contribution is -0.0438. The lowest BCUT2D eigenvalue weighted by atomic mass is 10.2. The Morgan fingerprint density at radius 1 is 0.649 bits per heavy atom. The molecule has 37 heavy (non-hydrogen) atoms. The van der Waals surface area contributed by atoms with Crippen LogP contribution >= 0.6 is 0 Å². The van der Waals surface area contributed by atoms with Crippen LogP contribution in [0.1, 0.15) is 10.4 Å². The molecule has 3 rings (SSSR count). The van der Waals surface area contributed by atoms with Crippen molar-refractivity contribution in [3.63, 3.8) is 0 Å². The summed E-state index contributed by atoms with van der Waals surface area (Å²) in [6.07, 6.45) is 0. The summed E-state index contributed by atoms with van der Waals surface area (Å²) >= 11 is 0. The molecule has 0 unspecified atom stereocenters. The van der Waals surface area contributed by atoms with E-state index in [4.69, 9.17) is 0 Å². The van der Waals surface area contributed by atoms with E-state index in [1.165, 1.54) is 17.0 Å². The van der Waals surface area contributed by atoms with Crippen molar-refractivity contribution < 1.29 is 56.4 Å². The normalized spacial score (nSPS) is 16.5. The van der Waals surface area contributed by atoms with Gasteiger partial charge in [-0.25, -0.2) is 25.3 Å². The van der Waals surface area contributed by atoms with Crippen molar-refractivity contribution in [3.8, 4) is 0 Å². The van der Waals surface area contributed by atoms with Crippen molar-refractivity contribution in [2.75, 3.05) is 26.2 Å². The summed E-state index contributed by atoms with van der Waals surface area (Å²) in [5, 5.41) is 0. The first-order valence-corrected chi connectivity index (χ1v) is 14.3. The van der Waals surface area contributed by atoms with E-state index in [1.54, 1.807) is 18.2 Å². The lowest BCUT2D eigenvalue weighted by Crippen LogP contribution is -2.50. The average Bonchev–Trinajstić information content (AvgIpc) is 2.82. The van der Waals surface area contributed by atoms with Crippen LogP contribution in [0.15, 0.2) is 63.2 Å². The second kappa shape index (κ2) is 9.55. The van der Waals surface area contributed by atoms with Crippen molar-refractivity contribution in [3.05, 3.63) is 54.1 Å². The Morgan fingerprint density at radius 3 is 1.46 bits per heavy atom. The molecule has 2 aromatic carbocycles. The molecule has 9 nitrogen and oxygen atoms in total. The number of nitrogens with zero attached hydrogens (tertiary/aromatic N) is 2. The molecule has 0 aliphatic carbocycles. The smallest absolute Gasteiger partial charge is 0.336 e. The fourth-order valence-corrected chi connectivity index (χ4v) is 6.70. The Morgan fingerprint density at radius 2 is 1.05 bits per heavy atom. The van der Waals surface area contributed by atoms with E-state index < -0.39 is 80.5 Å². The van der Waals surface area contributed by atoms with Crippen LogP contribution in [0, 0.1) is 0 Å². The number of sulfone groups is 2. The molecule has 0 atom stereocenters. The molecule has 1 heterocycles. The molecule has 0 aromatic heterocycles. The Balaban J connectivity index is 2.03. The minimum Gasteiger partial charge on any atom is -0.336 e. The molecule has 2 aromatic rings. The molecular formula is C19H16F6N2O7S3. The number of sulfonamides is 1. The standard InChI is InChI=1S/C19H16F6N2O7S3/c20-18(21,22)35(29,30)14-10-15(36(31,32)19(23,24)25)12-16(11-14)37(33,34)27-8-6-26(7-9-27)17(28)13-4-2-1-3-5-13/h1-5,10-12H,6-9H2. The molecule has 204 valence electrons. The monoisotopic (exact) mass is 594 g/mol. The SMILES string of the molecule is O=C(c1ccccc1)N1CCN(S(=O)(=O)c2cc(S(=O)(=O)C(F)(F)F)cc(S(=O)(=O)C(F)(F)F)c2)CC1. The molecule has 0 radical (unpaired) electrons. The first-order chi connectivity index (χ1) is 16.8. The highest BCUT2D eigenvalue weighted by Gasteiger charge is 2.51. The molecule has 1 saturated heterocycles. The summed E-state index contributed by atoms with van der Waals surface area (Å²) in [7, 11) is -17.9. The van der Waals surface area contributed by atoms with Gasteiger partial charge in [-0.3, -0.25) is 4.79 Å². The van der Waals surface area contributed by atoms with Gasteiger partial charge in [0, 0.05) is 31.7 Å². The summed E-state index contributed by atoms with van der Waals surface area (Å²) in [5.74, 6) is -0.463. The molecule has 1 aliphatic rings. The minimum atomic E-state index is -6.44. The number of carbonyl (C=O) groups is 1. The number of carbonyl (C=O) groups excluding carboxylic acids is 1. The number of hydrogen-bond donors (Lipinski definition) is 0. The predicted octanol–water partition coefficient (Wildman–Crippen LogP) is 2.42. The molecular weight excluding hydrogens is 578 g/mol. The third-order valence-electron chi connectivity index (χ3n) is 5.27. The number of benzene rings is 2. The molecule has 0 N–H and O–H groups in total. The Bertz CT molecular complexity index is 1450. The summed E-state index contributed by atoms with van der Waals surface area (Å²) in [5.41, 5.74) is -11.9. The lowest BCUT2D eigenvalue weighted by Gasteiger charge is -2.34. The summed E-state index contributed by atoms with van der Waals surface area (Å²) < 4.78 is 152. The number of alkyl halides is 6. The zero-order valence-corrected chi connectivity index (χ0v) is 20.6. The number of hydrogen-bond acceptors (Lipinski definition) is 7. The van der Waals surface area contributed by atoms with Gasteiger partial charge < -0.3 is 4.90 Å². The Kier molecular flexibility index (Phi) is 7.45. The van der Waals surface area contributed by atoms with Gasteiger partial charge in [0.2, 0.25) is 10.0 Å². The van der Waals surface area contributed by atoms with Crippen molar-refractivity contribution in [2.45, 2.75) is 25.7 Å². The third kappa shape index (κ3) is 5.46. The fourth-order valence-electron chi connectivity index (χ4n) is 3.32. The van der Waals surface area contributed by atoms with Gasteiger partial charge in [-0.1, -0.05) is 18.2 Å². The van der Waals surface area contributed by atoms with Crippen molar-refractivity contribution in [1.29, 1.82) is 0 Å². The van der Waals surface area contributed by atoms with E-state index in [1.807, 2.05) is 0 Å². The summed E-state index contributed by atoms with van der Waals surface area (Å²) in [4.78, 5) is 8.38. The van der Waals surface area contributed by atoms with Crippen LogP contribution in [0.4, 0.5) is 26.3 Å². The fraction of sp³-hybridized carbons (Fsp3) is 0.316. The van der Waals surface area contributed by atoms with Gasteiger partial charge >= 0.3 is 11.0 Å². The van der Waals surface area contributed by atoms with Crippen LogP contribution in [0.3, 0.4) is 0 Å². The van der Waals surface area contributed by atoms with Crippen molar-refractivity contribution >= 4 is 35.6 Å². The molecule has 1 amide bonds. The van der Waals surface area contributed by atoms with Crippen LogP contribution in [-0.4, -0.2) is 77.6 Å². The summed E-state index contributed by atoms with van der Waals surface area (Å²) in [6, 6.07) is 7.30. The van der Waals surface area contributed by atoms with Gasteiger partial charge in [-0.15, -0.1) is 0 Å². The highest BCUT2D eigenvalue weighted by Crippen LogP contribution is 2.37. The number of amides is 1. The number of halogens is 6. The maximum atomic E-state index is 13.1. The van der Waals surface area contributed by atoms with Gasteiger partial charge in [0.1, 0.15) is 0 Å². The number of rotatable bonds is 5. The maximum Gasteiger partial charge on any atom is 0.501 e. The zero-order chi connectivity index (χ0) is 28.0. The molecule has 0 saturated carbocycles. The van der Waals surface area contributed by atoms with E-state index in [9.17, 15) is 56.4 Å². The van der Waals surface area contributed by atoms with E-state index in [2.05, 4.69) is 0 Å². The van der Waals surface area contributed by atoms with E-state index in [0.717, 1.165) is 0 Å². The maximum absolute atomic E-state index is 13.1. The van der Waals surface area contributed by atoms with Crippen LogP contribution < -0.4 is 0 Å². The van der Waals surface area contributed by atoms with Gasteiger partial charge in [-0.05, 0) is 30.3 Å². The second-order valence-electron chi connectivity index (χ2n) is 7.60. The van der Waals surface area contributed by atoms with Crippen LogP contribution in [0.2, 0.25) is 0 Å². The van der Waals surface area contributed by atoms with Gasteiger partial charge in [0.25, 0.3) is 25.6 Å². The highest BCUT2D eigenvalue weighted by atomic mass is 32.2. The minimum absolute atomic E-state index is 0.0605. The first kappa shape index (κ1) is 28.9. The molecule has 1 aliphatic heterocycles. The topological polar surface area (TPSA) is 126 Å². The Labute approximate surface area is 207 Å². The first-order valence-electron chi connectivity index (χ1n) is 9.92. The van der Waals surface area contributed by atoms with Gasteiger partial charge in [-0.2, -0.15) is 30.6 Å².